The molecule has 0 saturated carbocycles. The summed E-state index contributed by atoms with van der Waals surface area (Å²) >= 11 is 0. The minimum Gasteiger partial charge on any atom is -0.444 e. The van der Waals surface area contributed by atoms with Gasteiger partial charge < -0.3 is 15.1 Å². The van der Waals surface area contributed by atoms with Crippen molar-refractivity contribution in [3.8, 4) is 0 Å². The van der Waals surface area contributed by atoms with Gasteiger partial charge in [-0.2, -0.15) is 13.2 Å². The fourth-order valence-electron chi connectivity index (χ4n) is 2.28. The molecule has 1 aromatic heterocycles. The number of aliphatic imine (C=N–C) groups is 1. The third kappa shape index (κ3) is 5.79. The lowest BCUT2D eigenvalue weighted by Crippen LogP contribution is -2.38. The third-order valence-corrected chi connectivity index (χ3v) is 3.78. The molecule has 2 aromatic rings. The average molecular weight is 368 g/mol. The number of rotatable bonds is 6. The first kappa shape index (κ1) is 19.8. The average Bonchev–Trinajstić information content (AvgIpc) is 2.90. The fourth-order valence-corrected chi connectivity index (χ4v) is 2.28. The van der Waals surface area contributed by atoms with Gasteiger partial charge in [-0.1, -0.05) is 12.1 Å². The van der Waals surface area contributed by atoms with E-state index in [0.717, 1.165) is 29.2 Å². The van der Waals surface area contributed by atoms with Crippen LogP contribution in [0.1, 0.15) is 35.4 Å². The molecule has 0 aliphatic rings. The van der Waals surface area contributed by atoms with E-state index in [4.69, 9.17) is 4.42 Å². The van der Waals surface area contributed by atoms with E-state index in [1.807, 2.05) is 20.8 Å². The predicted octanol–water partition coefficient (Wildman–Crippen LogP) is 3.61. The molecule has 0 radical (unpaired) electrons. The molecule has 0 aliphatic carbocycles. The van der Waals surface area contributed by atoms with Crippen LogP contribution in [-0.2, 0) is 19.1 Å². The van der Waals surface area contributed by atoms with Crippen molar-refractivity contribution in [3.63, 3.8) is 0 Å². The molecule has 0 atom stereocenters. The number of alkyl halides is 3. The normalized spacial score (nSPS) is 12.3. The molecule has 0 fully saturated rings. The molecule has 2 N–H and O–H groups in total. The van der Waals surface area contributed by atoms with Crippen molar-refractivity contribution < 1.29 is 17.6 Å². The van der Waals surface area contributed by atoms with Crippen LogP contribution in [0.25, 0.3) is 0 Å². The van der Waals surface area contributed by atoms with Crippen molar-refractivity contribution >= 4 is 5.96 Å². The molecule has 8 heteroatoms. The van der Waals surface area contributed by atoms with Crippen LogP contribution in [0.15, 0.2) is 33.7 Å². The van der Waals surface area contributed by atoms with Gasteiger partial charge in [-0.25, -0.2) is 9.98 Å². The number of oxazole rings is 1. The van der Waals surface area contributed by atoms with Crippen molar-refractivity contribution in [2.24, 2.45) is 4.99 Å². The molecule has 0 spiro atoms. The van der Waals surface area contributed by atoms with Gasteiger partial charge in [0.05, 0.1) is 11.3 Å². The minimum absolute atomic E-state index is 0.310. The van der Waals surface area contributed by atoms with Crippen LogP contribution in [0.4, 0.5) is 13.2 Å². The zero-order chi connectivity index (χ0) is 19.2. The molecular formula is C18H23F3N4O. The van der Waals surface area contributed by atoms with Crippen LogP contribution < -0.4 is 10.6 Å². The maximum absolute atomic E-state index is 12.6. The first-order chi connectivity index (χ1) is 12.3. The molecule has 0 aliphatic heterocycles. The Morgan fingerprint density at radius 3 is 2.38 bits per heavy atom. The molecule has 1 heterocycles. The van der Waals surface area contributed by atoms with E-state index in [0.29, 0.717) is 37.9 Å². The van der Waals surface area contributed by atoms with Crippen LogP contribution in [0, 0.1) is 13.8 Å². The fraction of sp³-hybridized carbons (Fsp3) is 0.444. The van der Waals surface area contributed by atoms with Crippen molar-refractivity contribution in [1.29, 1.82) is 0 Å². The van der Waals surface area contributed by atoms with Gasteiger partial charge in [-0.15, -0.1) is 0 Å². The van der Waals surface area contributed by atoms with Gasteiger partial charge >= 0.3 is 6.18 Å². The third-order valence-electron chi connectivity index (χ3n) is 3.78. The monoisotopic (exact) mass is 368 g/mol. The maximum Gasteiger partial charge on any atom is 0.416 e. The zero-order valence-corrected chi connectivity index (χ0v) is 15.1. The molecular weight excluding hydrogens is 345 g/mol. The predicted molar refractivity (Wildman–Crippen MR) is 93.9 cm³/mol. The molecule has 26 heavy (non-hydrogen) atoms. The summed E-state index contributed by atoms with van der Waals surface area (Å²) in [5.74, 6) is 1.92. The Balaban J connectivity index is 1.88. The minimum atomic E-state index is -4.31. The Bertz CT molecular complexity index is 716. The number of benzene rings is 1. The Hall–Kier alpha value is -2.51. The molecule has 2 rings (SSSR count). The van der Waals surface area contributed by atoms with E-state index in [-0.39, 0.29) is 0 Å². The zero-order valence-electron chi connectivity index (χ0n) is 15.1. The van der Waals surface area contributed by atoms with Gasteiger partial charge in [0.15, 0.2) is 5.96 Å². The summed E-state index contributed by atoms with van der Waals surface area (Å²) in [7, 11) is 0. The van der Waals surface area contributed by atoms with E-state index in [9.17, 15) is 13.2 Å². The lowest BCUT2D eigenvalue weighted by Gasteiger charge is -2.11. The lowest BCUT2D eigenvalue weighted by molar-refractivity contribution is -0.137. The number of hydrogen-bond donors (Lipinski definition) is 2. The van der Waals surface area contributed by atoms with Crippen molar-refractivity contribution in [3.05, 3.63) is 52.7 Å². The summed E-state index contributed by atoms with van der Waals surface area (Å²) in [5.41, 5.74) is 1.02. The number of aryl methyl sites for hydroxylation is 2. The Labute approximate surface area is 150 Å². The second-order valence-electron chi connectivity index (χ2n) is 5.82. The van der Waals surface area contributed by atoms with E-state index in [2.05, 4.69) is 20.6 Å². The smallest absolute Gasteiger partial charge is 0.416 e. The van der Waals surface area contributed by atoms with Gasteiger partial charge in [0.25, 0.3) is 0 Å². The summed E-state index contributed by atoms with van der Waals surface area (Å²) in [6.45, 7) is 7.22. The van der Waals surface area contributed by atoms with Crippen LogP contribution in [0.3, 0.4) is 0 Å². The summed E-state index contributed by atoms with van der Waals surface area (Å²) in [5, 5.41) is 6.26. The largest absolute Gasteiger partial charge is 0.444 e. The van der Waals surface area contributed by atoms with Crippen LogP contribution in [0.5, 0.6) is 0 Å². The molecule has 0 saturated heterocycles. The van der Waals surface area contributed by atoms with E-state index in [1.54, 1.807) is 0 Å². The Morgan fingerprint density at radius 2 is 1.85 bits per heavy atom. The number of hydrogen-bond acceptors (Lipinski definition) is 3. The highest BCUT2D eigenvalue weighted by Crippen LogP contribution is 2.29. The first-order valence-electron chi connectivity index (χ1n) is 8.40. The summed E-state index contributed by atoms with van der Waals surface area (Å²) in [4.78, 5) is 8.68. The number of guanidine groups is 1. The summed E-state index contributed by atoms with van der Waals surface area (Å²) in [6, 6.07) is 5.18. The van der Waals surface area contributed by atoms with E-state index in [1.165, 1.54) is 12.1 Å². The summed E-state index contributed by atoms with van der Waals surface area (Å²) in [6.07, 6.45) is -3.72. The topological polar surface area (TPSA) is 62.5 Å². The summed E-state index contributed by atoms with van der Waals surface area (Å²) < 4.78 is 43.2. The van der Waals surface area contributed by atoms with E-state index < -0.39 is 11.7 Å². The van der Waals surface area contributed by atoms with Crippen molar-refractivity contribution in [2.45, 2.75) is 39.9 Å². The molecule has 5 nitrogen and oxygen atoms in total. The number of nitrogens with zero attached hydrogens (tertiary/aromatic N) is 2. The first-order valence-corrected chi connectivity index (χ1v) is 8.40. The standard InChI is InChI=1S/C18H23F3N4O/c1-4-22-17(24-11-16-25-12(2)13(3)26-16)23-10-9-14-5-7-15(8-6-14)18(19,20)21/h5-8H,4,9-11H2,1-3H3,(H2,22,23,24). The van der Waals surface area contributed by atoms with Gasteiger partial charge in [0.1, 0.15) is 12.3 Å². The molecule has 0 bridgehead atoms. The molecule has 142 valence electrons. The highest BCUT2D eigenvalue weighted by molar-refractivity contribution is 5.79. The molecule has 0 unspecified atom stereocenters. The van der Waals surface area contributed by atoms with Gasteiger partial charge in [-0.05, 0) is 44.9 Å². The maximum atomic E-state index is 12.6. The number of nitrogens with one attached hydrogen (secondary N) is 2. The second-order valence-corrected chi connectivity index (χ2v) is 5.82. The number of aromatic nitrogens is 1. The Morgan fingerprint density at radius 1 is 1.15 bits per heavy atom. The van der Waals surface area contributed by atoms with Crippen LogP contribution in [0.2, 0.25) is 0 Å². The highest BCUT2D eigenvalue weighted by atomic mass is 19.4. The highest BCUT2D eigenvalue weighted by Gasteiger charge is 2.29. The van der Waals surface area contributed by atoms with Crippen LogP contribution >= 0.6 is 0 Å². The second kappa shape index (κ2) is 8.73. The van der Waals surface area contributed by atoms with Crippen LogP contribution in [-0.4, -0.2) is 24.0 Å². The van der Waals surface area contributed by atoms with Crippen molar-refractivity contribution in [1.82, 2.24) is 15.6 Å². The quantitative estimate of drug-likeness (QED) is 0.604. The van der Waals surface area contributed by atoms with Gasteiger partial charge in [-0.3, -0.25) is 0 Å². The number of halogens is 3. The Kier molecular flexibility index (Phi) is 6.65. The van der Waals surface area contributed by atoms with Gasteiger partial charge in [0, 0.05) is 13.1 Å². The van der Waals surface area contributed by atoms with E-state index >= 15 is 0 Å². The SMILES string of the molecule is CCNC(=NCc1nc(C)c(C)o1)NCCc1ccc(C(F)(F)F)cc1. The lowest BCUT2D eigenvalue weighted by atomic mass is 10.1. The molecule has 0 amide bonds. The van der Waals surface area contributed by atoms with Crippen molar-refractivity contribution in [2.75, 3.05) is 13.1 Å². The molecule has 1 aromatic carbocycles. The van der Waals surface area contributed by atoms with Gasteiger partial charge in [0.2, 0.25) is 5.89 Å².